The number of nitrogens with zero attached hydrogens (tertiary/aromatic N) is 2. The Kier molecular flexibility index (Phi) is 7.35. The summed E-state index contributed by atoms with van der Waals surface area (Å²) in [5.74, 6) is 2.15. The normalized spacial score (nSPS) is 20.4. The molecule has 2 saturated heterocycles. The van der Waals surface area contributed by atoms with Gasteiger partial charge in [-0.2, -0.15) is 0 Å². The van der Waals surface area contributed by atoms with E-state index in [1.807, 2.05) is 41.3 Å². The van der Waals surface area contributed by atoms with Gasteiger partial charge in [0.25, 0.3) is 5.91 Å². The van der Waals surface area contributed by atoms with Gasteiger partial charge in [0.2, 0.25) is 5.91 Å². The molecule has 1 atom stereocenters. The van der Waals surface area contributed by atoms with Crippen molar-refractivity contribution < 1.29 is 14.0 Å². The Morgan fingerprint density at radius 1 is 1.19 bits per heavy atom. The molecule has 2 fully saturated rings. The first-order valence-corrected chi connectivity index (χ1v) is 12.2. The maximum absolute atomic E-state index is 12.5. The number of thioether (sulfide) groups is 1. The van der Waals surface area contributed by atoms with Gasteiger partial charge in [0.15, 0.2) is 0 Å². The number of amides is 2. The molecule has 1 aromatic carbocycles. The van der Waals surface area contributed by atoms with Crippen LogP contribution >= 0.6 is 11.8 Å². The number of hydrogen-bond donors (Lipinski definition) is 1. The summed E-state index contributed by atoms with van der Waals surface area (Å²) in [4.78, 5) is 29.2. The van der Waals surface area contributed by atoms with E-state index >= 15 is 0 Å². The highest BCUT2D eigenvalue weighted by Crippen LogP contribution is 2.39. The number of furan rings is 1. The molecule has 3 heterocycles. The van der Waals surface area contributed by atoms with Gasteiger partial charge in [-0.05, 0) is 74.6 Å². The molecule has 0 aliphatic carbocycles. The van der Waals surface area contributed by atoms with Crippen molar-refractivity contribution >= 4 is 23.6 Å². The minimum Gasteiger partial charge on any atom is -0.467 e. The van der Waals surface area contributed by atoms with E-state index in [9.17, 15) is 9.59 Å². The van der Waals surface area contributed by atoms with E-state index in [4.69, 9.17) is 4.42 Å². The second-order valence-electron chi connectivity index (χ2n) is 8.52. The number of rotatable bonds is 8. The van der Waals surface area contributed by atoms with Crippen molar-refractivity contribution in [3.05, 3.63) is 59.5 Å². The van der Waals surface area contributed by atoms with Crippen LogP contribution in [0, 0.1) is 5.92 Å². The predicted octanol–water partition coefficient (Wildman–Crippen LogP) is 3.91. The molecule has 0 radical (unpaired) electrons. The van der Waals surface area contributed by atoms with Crippen molar-refractivity contribution in [3.8, 4) is 0 Å². The van der Waals surface area contributed by atoms with Crippen molar-refractivity contribution in [1.29, 1.82) is 0 Å². The summed E-state index contributed by atoms with van der Waals surface area (Å²) in [6.45, 7) is 6.87. The SMILES string of the molecule is CC1CCN(CCCNC(=O)c2ccc([C@@H]3SCC(=O)N3Cc3ccco3)cc2)CC1. The lowest BCUT2D eigenvalue weighted by atomic mass is 9.99. The average molecular weight is 442 g/mol. The summed E-state index contributed by atoms with van der Waals surface area (Å²) in [5, 5.41) is 2.98. The Morgan fingerprint density at radius 3 is 2.68 bits per heavy atom. The topological polar surface area (TPSA) is 65.8 Å². The maximum Gasteiger partial charge on any atom is 0.251 e. The van der Waals surface area contributed by atoms with Crippen molar-refractivity contribution in [2.24, 2.45) is 5.92 Å². The Bertz CT molecular complexity index is 861. The zero-order valence-corrected chi connectivity index (χ0v) is 18.9. The third-order valence-electron chi connectivity index (χ3n) is 6.15. The Labute approximate surface area is 188 Å². The molecule has 0 spiro atoms. The fourth-order valence-corrected chi connectivity index (χ4v) is 5.35. The summed E-state index contributed by atoms with van der Waals surface area (Å²) in [6.07, 6.45) is 5.16. The largest absolute Gasteiger partial charge is 0.467 e. The van der Waals surface area contributed by atoms with Crippen LogP contribution in [0.1, 0.15) is 53.2 Å². The second-order valence-corrected chi connectivity index (χ2v) is 9.59. The van der Waals surface area contributed by atoms with Crippen LogP contribution in [0.5, 0.6) is 0 Å². The van der Waals surface area contributed by atoms with Crippen LogP contribution in [-0.2, 0) is 11.3 Å². The highest BCUT2D eigenvalue weighted by molar-refractivity contribution is 8.00. The monoisotopic (exact) mass is 441 g/mol. The lowest BCUT2D eigenvalue weighted by molar-refractivity contribution is -0.128. The van der Waals surface area contributed by atoms with Crippen LogP contribution in [0.3, 0.4) is 0 Å². The van der Waals surface area contributed by atoms with Crippen LogP contribution < -0.4 is 5.32 Å². The number of carbonyl (C=O) groups is 2. The smallest absolute Gasteiger partial charge is 0.251 e. The number of likely N-dealkylation sites (tertiary alicyclic amines) is 1. The zero-order chi connectivity index (χ0) is 21.6. The molecule has 2 aliphatic heterocycles. The van der Waals surface area contributed by atoms with Crippen LogP contribution in [0.15, 0.2) is 47.1 Å². The molecule has 0 saturated carbocycles. The Hall–Kier alpha value is -2.25. The van der Waals surface area contributed by atoms with E-state index in [1.165, 1.54) is 25.9 Å². The molecule has 2 aliphatic rings. The summed E-state index contributed by atoms with van der Waals surface area (Å²) in [6, 6.07) is 11.3. The maximum atomic E-state index is 12.5. The van der Waals surface area contributed by atoms with Gasteiger partial charge in [0, 0.05) is 12.1 Å². The molecule has 0 unspecified atom stereocenters. The van der Waals surface area contributed by atoms with Crippen molar-refractivity contribution in [2.75, 3.05) is 31.9 Å². The first-order valence-electron chi connectivity index (χ1n) is 11.1. The number of nitrogens with one attached hydrogen (secondary N) is 1. The number of benzene rings is 1. The second kappa shape index (κ2) is 10.4. The highest BCUT2D eigenvalue weighted by Gasteiger charge is 2.33. The number of piperidine rings is 1. The fraction of sp³-hybridized carbons (Fsp3) is 0.500. The van der Waals surface area contributed by atoms with Gasteiger partial charge in [-0.15, -0.1) is 11.8 Å². The molecule has 0 bridgehead atoms. The van der Waals surface area contributed by atoms with Crippen molar-refractivity contribution in [2.45, 2.75) is 38.1 Å². The van der Waals surface area contributed by atoms with Crippen LogP contribution in [-0.4, -0.2) is 53.5 Å². The first kappa shape index (κ1) is 22.0. The molecule has 4 rings (SSSR count). The molecule has 166 valence electrons. The van der Waals surface area contributed by atoms with E-state index in [2.05, 4.69) is 17.1 Å². The van der Waals surface area contributed by atoms with E-state index in [0.29, 0.717) is 24.4 Å². The van der Waals surface area contributed by atoms with Gasteiger partial charge < -0.3 is 19.5 Å². The van der Waals surface area contributed by atoms with E-state index < -0.39 is 0 Å². The quantitative estimate of drug-likeness (QED) is 0.630. The first-order chi connectivity index (χ1) is 15.1. The number of hydrogen-bond acceptors (Lipinski definition) is 5. The van der Waals surface area contributed by atoms with E-state index in [0.717, 1.165) is 30.2 Å². The lowest BCUT2D eigenvalue weighted by Crippen LogP contribution is -2.35. The van der Waals surface area contributed by atoms with Crippen molar-refractivity contribution in [1.82, 2.24) is 15.1 Å². The average Bonchev–Trinajstić information content (AvgIpc) is 3.43. The molecule has 2 amide bonds. The van der Waals surface area contributed by atoms with Crippen LogP contribution in [0.25, 0.3) is 0 Å². The van der Waals surface area contributed by atoms with Gasteiger partial charge in [-0.25, -0.2) is 0 Å². The minimum absolute atomic E-state index is 0.0404. The van der Waals surface area contributed by atoms with E-state index in [-0.39, 0.29) is 17.2 Å². The van der Waals surface area contributed by atoms with Gasteiger partial charge in [0.1, 0.15) is 11.1 Å². The summed E-state index contributed by atoms with van der Waals surface area (Å²) in [5.41, 5.74) is 1.68. The van der Waals surface area contributed by atoms with Gasteiger partial charge in [-0.3, -0.25) is 9.59 Å². The van der Waals surface area contributed by atoms with Crippen LogP contribution in [0.2, 0.25) is 0 Å². The highest BCUT2D eigenvalue weighted by atomic mass is 32.2. The number of carbonyl (C=O) groups excluding carboxylic acids is 2. The zero-order valence-electron chi connectivity index (χ0n) is 18.1. The molecule has 31 heavy (non-hydrogen) atoms. The van der Waals surface area contributed by atoms with Crippen LogP contribution in [0.4, 0.5) is 0 Å². The molecular formula is C24H31N3O3S. The molecule has 1 aromatic heterocycles. The van der Waals surface area contributed by atoms with Gasteiger partial charge >= 0.3 is 0 Å². The molecule has 6 nitrogen and oxygen atoms in total. The lowest BCUT2D eigenvalue weighted by Gasteiger charge is -2.30. The molecule has 1 N–H and O–H groups in total. The Morgan fingerprint density at radius 2 is 1.97 bits per heavy atom. The predicted molar refractivity (Wildman–Crippen MR) is 123 cm³/mol. The van der Waals surface area contributed by atoms with E-state index in [1.54, 1.807) is 18.0 Å². The third kappa shape index (κ3) is 5.71. The third-order valence-corrected chi connectivity index (χ3v) is 7.40. The molecule has 7 heteroatoms. The summed E-state index contributed by atoms with van der Waals surface area (Å²) in [7, 11) is 0. The van der Waals surface area contributed by atoms with Gasteiger partial charge in [-0.1, -0.05) is 19.1 Å². The van der Waals surface area contributed by atoms with Gasteiger partial charge in [0.05, 0.1) is 18.6 Å². The summed E-state index contributed by atoms with van der Waals surface area (Å²) < 4.78 is 5.41. The van der Waals surface area contributed by atoms with Crippen molar-refractivity contribution in [3.63, 3.8) is 0 Å². The molecular weight excluding hydrogens is 410 g/mol. The standard InChI is InChI=1S/C24H31N3O3S/c1-18-9-13-26(14-10-18)12-3-11-25-23(29)19-5-7-20(8-6-19)24-27(22(28)17-31-24)16-21-4-2-15-30-21/h2,4-8,15,18,24H,3,9-14,16-17H2,1H3,(H,25,29)/t24-/m0/s1. The fourth-order valence-electron chi connectivity index (χ4n) is 4.16. The molecule has 2 aromatic rings. The Balaban J connectivity index is 1.26. The summed E-state index contributed by atoms with van der Waals surface area (Å²) >= 11 is 1.61. The minimum atomic E-state index is -0.0537.